The van der Waals surface area contributed by atoms with Crippen LogP contribution in [0.3, 0.4) is 0 Å². The molecule has 1 aliphatic rings. The maximum absolute atomic E-state index is 10.4. The van der Waals surface area contributed by atoms with Gasteiger partial charge < -0.3 is 42.0 Å². The van der Waals surface area contributed by atoms with Gasteiger partial charge in [0.1, 0.15) is 12.2 Å². The smallest absolute Gasteiger partial charge is 0.291 e. The Bertz CT molecular complexity index is 1220. The number of hydrogen-bond acceptors (Lipinski definition) is 4. The number of hydrogen-bond donors (Lipinski definition) is 4. The van der Waals surface area contributed by atoms with Crippen LogP contribution in [0.5, 0.6) is 0 Å². The molecule has 1 aliphatic heterocycles. The molecule has 6 nitrogen and oxygen atoms in total. The predicted molar refractivity (Wildman–Crippen MR) is 106 cm³/mol. The molecule has 4 atom stereocenters. The van der Waals surface area contributed by atoms with Gasteiger partial charge in [0.2, 0.25) is 0 Å². The van der Waals surface area contributed by atoms with E-state index in [0.717, 1.165) is 27.4 Å². The van der Waals surface area contributed by atoms with E-state index in [1.54, 1.807) is 4.57 Å². The summed E-state index contributed by atoms with van der Waals surface area (Å²) in [5.74, 6) is 0. The van der Waals surface area contributed by atoms with Gasteiger partial charge >= 0.3 is 0 Å². The number of aromatic nitrogens is 2. The van der Waals surface area contributed by atoms with E-state index in [1.165, 1.54) is 16.3 Å². The van der Waals surface area contributed by atoms with E-state index < -0.39 is 24.5 Å². The van der Waals surface area contributed by atoms with Gasteiger partial charge in [0.05, 0.1) is 12.1 Å². The number of benzene rings is 2. The summed E-state index contributed by atoms with van der Waals surface area (Å²) in [5.41, 5.74) is 4.55. The summed E-state index contributed by atoms with van der Waals surface area (Å²) >= 11 is 0. The highest BCUT2D eigenvalue weighted by atomic mass is 79.9. The molecule has 3 heterocycles. The van der Waals surface area contributed by atoms with E-state index in [9.17, 15) is 15.3 Å². The lowest BCUT2D eigenvalue weighted by molar-refractivity contribution is -0.774. The van der Waals surface area contributed by atoms with Crippen molar-refractivity contribution in [2.45, 2.75) is 38.4 Å². The van der Waals surface area contributed by atoms with E-state index in [4.69, 9.17) is 4.74 Å². The fourth-order valence-corrected chi connectivity index (χ4v) is 4.43. The highest BCUT2D eigenvalue weighted by molar-refractivity contribution is 6.16. The monoisotopic (exact) mass is 458 g/mol. The lowest BCUT2D eigenvalue weighted by atomic mass is 9.96. The third-order valence-corrected chi connectivity index (χ3v) is 6.01. The lowest BCUT2D eigenvalue weighted by Crippen LogP contribution is -3.00. The first-order valence-corrected chi connectivity index (χ1v) is 9.47. The van der Waals surface area contributed by atoms with Crippen LogP contribution in [-0.2, 0) is 4.74 Å². The second kappa shape index (κ2) is 7.34. The van der Waals surface area contributed by atoms with Gasteiger partial charge in [-0.15, -0.1) is 0 Å². The number of pyridine rings is 1. The summed E-state index contributed by atoms with van der Waals surface area (Å²) in [6, 6.07) is 10.3. The van der Waals surface area contributed by atoms with Crippen LogP contribution in [0.15, 0.2) is 42.7 Å². The van der Waals surface area contributed by atoms with Crippen LogP contribution in [0, 0.1) is 13.8 Å². The van der Waals surface area contributed by atoms with Gasteiger partial charge in [0.25, 0.3) is 6.23 Å². The number of H-pyrrole nitrogens is 1. The molecule has 0 radical (unpaired) electrons. The zero-order valence-electron chi connectivity index (χ0n) is 16.1. The second-order valence-corrected chi connectivity index (χ2v) is 7.66. The molecule has 7 heteroatoms. The van der Waals surface area contributed by atoms with Crippen molar-refractivity contribution in [3.8, 4) is 0 Å². The molecule has 0 unspecified atom stereocenters. The Labute approximate surface area is 178 Å². The Morgan fingerprint density at radius 1 is 0.966 bits per heavy atom. The maximum atomic E-state index is 10.4. The van der Waals surface area contributed by atoms with Gasteiger partial charge in [-0.05, 0) is 36.4 Å². The molecule has 2 aromatic heterocycles. The van der Waals surface area contributed by atoms with Crippen molar-refractivity contribution in [3.05, 3.63) is 53.9 Å². The van der Waals surface area contributed by atoms with Crippen LogP contribution in [-0.4, -0.2) is 45.2 Å². The number of nitrogens with one attached hydrogen (secondary N) is 1. The van der Waals surface area contributed by atoms with E-state index in [2.05, 4.69) is 31.0 Å². The van der Waals surface area contributed by atoms with Crippen molar-refractivity contribution in [2.24, 2.45) is 0 Å². The van der Waals surface area contributed by atoms with Crippen LogP contribution in [0.4, 0.5) is 0 Å². The van der Waals surface area contributed by atoms with Gasteiger partial charge in [0.15, 0.2) is 18.5 Å². The minimum Gasteiger partial charge on any atom is -1.00 e. The highest BCUT2D eigenvalue weighted by Crippen LogP contribution is 2.36. The molecule has 1 saturated heterocycles. The van der Waals surface area contributed by atoms with Crippen molar-refractivity contribution >= 4 is 32.6 Å². The SMILES string of the molecule is Cc1c2cc[n+]([C@H]3OC[C@H](O)[C@H](O)[C@H]3O)cc2c(C)c2c1[nH]c1ccccc12.[Br-]. The molecule has 152 valence electrons. The average Bonchev–Trinajstić information content (AvgIpc) is 3.10. The third-order valence-electron chi connectivity index (χ3n) is 6.01. The zero-order chi connectivity index (χ0) is 19.6. The average molecular weight is 459 g/mol. The summed E-state index contributed by atoms with van der Waals surface area (Å²) in [5, 5.41) is 34.7. The normalized spacial score (nSPS) is 24.9. The Morgan fingerprint density at radius 3 is 2.52 bits per heavy atom. The number of ether oxygens (including phenoxy) is 1. The Balaban J connectivity index is 0.00000205. The van der Waals surface area contributed by atoms with Crippen LogP contribution in [0.2, 0.25) is 0 Å². The van der Waals surface area contributed by atoms with Gasteiger partial charge in [-0.2, -0.15) is 4.57 Å². The molecule has 4 N–H and O–H groups in total. The summed E-state index contributed by atoms with van der Waals surface area (Å²) < 4.78 is 7.39. The number of halogens is 1. The molecule has 0 bridgehead atoms. The van der Waals surface area contributed by atoms with Crippen molar-refractivity contribution in [3.63, 3.8) is 0 Å². The standard InChI is InChI=1S/C22H22N2O4.BrH/c1-11-15-9-24(22-21(27)20(26)17(25)10-28-22)8-7-13(15)12(2)19-18(11)14-5-3-4-6-16(14)23-19;/h3-9,17,20-22,25-27H,10H2,1-2H3;1H/t17-,20-,21+,22-;/m0./s1. The molecule has 5 rings (SSSR count). The minimum absolute atomic E-state index is 0. The fourth-order valence-electron chi connectivity index (χ4n) is 4.43. The van der Waals surface area contributed by atoms with Gasteiger partial charge in [-0.3, -0.25) is 0 Å². The Hall–Kier alpha value is -2.03. The second-order valence-electron chi connectivity index (χ2n) is 7.66. The van der Waals surface area contributed by atoms with Crippen molar-refractivity contribution in [2.75, 3.05) is 6.61 Å². The van der Waals surface area contributed by atoms with Crippen LogP contribution in [0.25, 0.3) is 32.6 Å². The summed E-state index contributed by atoms with van der Waals surface area (Å²) in [7, 11) is 0. The number of nitrogens with zero attached hydrogens (tertiary/aromatic N) is 1. The molecular weight excluding hydrogens is 436 g/mol. The molecule has 2 aromatic carbocycles. The number of aryl methyl sites for hydroxylation is 2. The molecular formula is C22H23BrN2O4. The highest BCUT2D eigenvalue weighted by Gasteiger charge is 2.43. The minimum atomic E-state index is -1.24. The molecule has 29 heavy (non-hydrogen) atoms. The van der Waals surface area contributed by atoms with Crippen molar-refractivity contribution < 1.29 is 41.6 Å². The topological polar surface area (TPSA) is 89.6 Å². The quantitative estimate of drug-likeness (QED) is 0.275. The van der Waals surface area contributed by atoms with E-state index in [-0.39, 0.29) is 23.6 Å². The summed E-state index contributed by atoms with van der Waals surface area (Å²) in [6.45, 7) is 4.19. The molecule has 4 aromatic rings. The van der Waals surface area contributed by atoms with E-state index in [0.29, 0.717) is 0 Å². The number of fused-ring (bicyclic) bond motifs is 4. The molecule has 0 saturated carbocycles. The summed E-state index contributed by atoms with van der Waals surface area (Å²) in [4.78, 5) is 3.54. The van der Waals surface area contributed by atoms with Gasteiger partial charge in [-0.25, -0.2) is 0 Å². The zero-order valence-corrected chi connectivity index (χ0v) is 17.7. The first-order chi connectivity index (χ1) is 13.5. The lowest BCUT2D eigenvalue weighted by Gasteiger charge is -2.31. The van der Waals surface area contributed by atoms with Crippen molar-refractivity contribution in [1.29, 1.82) is 0 Å². The Morgan fingerprint density at radius 2 is 1.72 bits per heavy atom. The largest absolute Gasteiger partial charge is 1.00 e. The molecule has 0 aliphatic carbocycles. The van der Waals surface area contributed by atoms with Crippen LogP contribution < -0.4 is 21.5 Å². The van der Waals surface area contributed by atoms with Crippen LogP contribution in [0.1, 0.15) is 17.4 Å². The van der Waals surface area contributed by atoms with E-state index >= 15 is 0 Å². The molecule has 1 fully saturated rings. The first-order valence-electron chi connectivity index (χ1n) is 9.47. The fraction of sp³-hybridized carbons (Fsp3) is 0.318. The van der Waals surface area contributed by atoms with Gasteiger partial charge in [-0.1, -0.05) is 18.2 Å². The maximum Gasteiger partial charge on any atom is 0.291 e. The Kier molecular flexibility index (Phi) is 5.13. The number of aliphatic hydroxyl groups is 3. The first kappa shape index (κ1) is 20.3. The number of aromatic amines is 1. The molecule has 0 spiro atoms. The number of rotatable bonds is 1. The van der Waals surface area contributed by atoms with E-state index in [1.807, 2.05) is 30.6 Å². The van der Waals surface area contributed by atoms with Crippen LogP contribution >= 0.6 is 0 Å². The predicted octanol–water partition coefficient (Wildman–Crippen LogP) is -1.01. The van der Waals surface area contributed by atoms with Crippen molar-refractivity contribution in [1.82, 2.24) is 4.98 Å². The summed E-state index contributed by atoms with van der Waals surface area (Å²) in [6.07, 6.45) is -0.465. The number of para-hydroxylation sites is 1. The molecule has 0 amide bonds. The number of aliphatic hydroxyl groups excluding tert-OH is 3. The third kappa shape index (κ3) is 2.96. The van der Waals surface area contributed by atoms with Gasteiger partial charge in [0, 0.05) is 27.7 Å².